The van der Waals surface area contributed by atoms with Crippen LogP contribution >= 0.6 is 21.6 Å². The minimum atomic E-state index is -0.384. The maximum atomic E-state index is 9.68. The zero-order valence-electron chi connectivity index (χ0n) is 15.7. The number of hydrogen-bond acceptors (Lipinski definition) is 9. The van der Waals surface area contributed by atoms with E-state index in [0.29, 0.717) is 23.4 Å². The number of ether oxygens (including phenoxy) is 2. The second kappa shape index (κ2) is 9.20. The summed E-state index contributed by atoms with van der Waals surface area (Å²) in [6, 6.07) is 0. The Kier molecular flexibility index (Phi) is 6.93. The van der Waals surface area contributed by atoms with Crippen molar-refractivity contribution in [3.8, 4) is 0 Å². The Morgan fingerprint density at radius 3 is 3.00 bits per heavy atom. The molecular formula is C16H24N6O3S2. The van der Waals surface area contributed by atoms with Gasteiger partial charge in [0.05, 0.1) is 25.4 Å². The van der Waals surface area contributed by atoms with Crippen LogP contribution < -0.4 is 0 Å². The highest BCUT2D eigenvalue weighted by Gasteiger charge is 2.38. The minimum absolute atomic E-state index is 0.00947. The van der Waals surface area contributed by atoms with Crippen LogP contribution in [-0.2, 0) is 9.47 Å². The number of fused-ring (bicyclic) bond motifs is 1. The third-order valence-corrected chi connectivity index (χ3v) is 5.98. The number of nitrogens with zero attached hydrogens (tertiary/aromatic N) is 6. The molecular weight excluding hydrogens is 388 g/mol. The number of hydrogen-bond donors (Lipinski definition) is 1. The Hall–Kier alpha value is -1.40. The van der Waals surface area contributed by atoms with Crippen molar-refractivity contribution in [2.24, 2.45) is 4.99 Å². The summed E-state index contributed by atoms with van der Waals surface area (Å²) in [5.74, 6) is 0.502. The molecule has 0 amide bonds. The molecule has 0 saturated carbocycles. The summed E-state index contributed by atoms with van der Waals surface area (Å²) in [5, 5.41) is 9.68. The largest absolute Gasteiger partial charge is 0.394 e. The van der Waals surface area contributed by atoms with Crippen LogP contribution in [0.3, 0.4) is 0 Å². The first-order valence-electron chi connectivity index (χ1n) is 8.52. The number of aromatic nitrogens is 4. The third kappa shape index (κ3) is 4.72. The van der Waals surface area contributed by atoms with Crippen molar-refractivity contribution in [1.82, 2.24) is 24.4 Å². The summed E-state index contributed by atoms with van der Waals surface area (Å²) in [7, 11) is 7.06. The zero-order valence-corrected chi connectivity index (χ0v) is 17.4. The van der Waals surface area contributed by atoms with E-state index in [2.05, 4.69) is 19.9 Å². The molecule has 0 unspecified atom stereocenters. The van der Waals surface area contributed by atoms with Gasteiger partial charge < -0.3 is 19.5 Å². The van der Waals surface area contributed by atoms with Crippen LogP contribution in [0.15, 0.2) is 17.6 Å². The molecule has 0 aromatic carbocycles. The van der Waals surface area contributed by atoms with Gasteiger partial charge in [0, 0.05) is 20.5 Å². The molecule has 1 saturated heterocycles. The minimum Gasteiger partial charge on any atom is -0.394 e. The van der Waals surface area contributed by atoms with Crippen molar-refractivity contribution >= 4 is 44.9 Å². The van der Waals surface area contributed by atoms with E-state index >= 15 is 0 Å². The molecule has 1 fully saturated rings. The van der Waals surface area contributed by atoms with Crippen molar-refractivity contribution in [3.05, 3.63) is 12.7 Å². The Bertz CT molecular complexity index is 787. The number of aliphatic hydroxyl groups excluding tert-OH is 1. The Morgan fingerprint density at radius 1 is 1.48 bits per heavy atom. The Balaban J connectivity index is 1.82. The van der Waals surface area contributed by atoms with Crippen LogP contribution in [0.2, 0.25) is 0 Å². The normalized spacial score (nSPS) is 24.1. The molecule has 1 aliphatic heterocycles. The van der Waals surface area contributed by atoms with Gasteiger partial charge in [-0.2, -0.15) is 0 Å². The second-order valence-corrected chi connectivity index (χ2v) is 9.05. The van der Waals surface area contributed by atoms with Gasteiger partial charge in [0.1, 0.15) is 24.1 Å². The van der Waals surface area contributed by atoms with Gasteiger partial charge in [-0.15, -0.1) is 0 Å². The lowest BCUT2D eigenvalue weighted by molar-refractivity contribution is -0.0628. The fraction of sp³-hybridized carbons (Fsp3) is 0.625. The highest BCUT2D eigenvalue weighted by Crippen LogP contribution is 2.36. The van der Waals surface area contributed by atoms with E-state index in [1.165, 1.54) is 6.33 Å². The lowest BCUT2D eigenvalue weighted by Crippen LogP contribution is -2.29. The SMILES string of the molecule is CSS[C@@H](C)O[C@@H]1C[C@H](n2cnc3c(N=CN(C)C)ncnc32)O[C@@H]1CO. The summed E-state index contributed by atoms with van der Waals surface area (Å²) >= 11 is 0. The summed E-state index contributed by atoms with van der Waals surface area (Å²) in [6.07, 6.45) is 6.53. The van der Waals surface area contributed by atoms with Gasteiger partial charge in [-0.3, -0.25) is 4.57 Å². The standard InChI is InChI=1S/C16H24N6O3S2/c1-10(27-26-4)24-11-5-13(25-12(11)6-23)22-9-19-14-15(20-8-21(2)3)17-7-18-16(14)22/h7-13,23H,5-6H2,1-4H3/t10-,11+,12+,13+/m0/s1. The molecule has 4 atom stereocenters. The van der Waals surface area contributed by atoms with Gasteiger partial charge in [-0.05, 0) is 13.2 Å². The molecule has 1 N–H and O–H groups in total. The molecule has 0 bridgehead atoms. The van der Waals surface area contributed by atoms with E-state index in [-0.39, 0.29) is 30.5 Å². The summed E-state index contributed by atoms with van der Waals surface area (Å²) in [5.41, 5.74) is 1.26. The van der Waals surface area contributed by atoms with Gasteiger partial charge in [0.15, 0.2) is 17.0 Å². The van der Waals surface area contributed by atoms with Crippen molar-refractivity contribution < 1.29 is 14.6 Å². The van der Waals surface area contributed by atoms with Gasteiger partial charge in [-0.1, -0.05) is 21.6 Å². The lowest BCUT2D eigenvalue weighted by atomic mass is 10.2. The average Bonchev–Trinajstić information content (AvgIpc) is 3.23. The van der Waals surface area contributed by atoms with Crippen LogP contribution in [0.5, 0.6) is 0 Å². The van der Waals surface area contributed by atoms with E-state index < -0.39 is 0 Å². The van der Waals surface area contributed by atoms with E-state index in [0.717, 1.165) is 0 Å². The molecule has 148 valence electrons. The quantitative estimate of drug-likeness (QED) is 0.302. The average molecular weight is 413 g/mol. The predicted octanol–water partition coefficient (Wildman–Crippen LogP) is 2.07. The van der Waals surface area contributed by atoms with Gasteiger partial charge in [-0.25, -0.2) is 19.9 Å². The first kappa shape index (κ1) is 20.3. The highest BCUT2D eigenvalue weighted by molar-refractivity contribution is 8.76. The van der Waals surface area contributed by atoms with E-state index in [9.17, 15) is 5.11 Å². The first-order chi connectivity index (χ1) is 13.0. The summed E-state index contributed by atoms with van der Waals surface area (Å²) < 4.78 is 13.9. The molecule has 27 heavy (non-hydrogen) atoms. The second-order valence-electron chi connectivity index (χ2n) is 6.28. The lowest BCUT2D eigenvalue weighted by Gasteiger charge is -2.20. The monoisotopic (exact) mass is 412 g/mol. The molecule has 0 radical (unpaired) electrons. The van der Waals surface area contributed by atoms with Gasteiger partial charge in [0.2, 0.25) is 0 Å². The molecule has 3 heterocycles. The predicted molar refractivity (Wildman–Crippen MR) is 108 cm³/mol. The topological polar surface area (TPSA) is 97.9 Å². The Labute approximate surface area is 166 Å². The molecule has 0 aliphatic carbocycles. The van der Waals surface area contributed by atoms with Crippen LogP contribution in [0.25, 0.3) is 11.2 Å². The smallest absolute Gasteiger partial charge is 0.184 e. The van der Waals surface area contributed by atoms with Crippen molar-refractivity contribution in [2.45, 2.75) is 37.2 Å². The number of imidazole rings is 1. The molecule has 1 aliphatic rings. The van der Waals surface area contributed by atoms with Crippen molar-refractivity contribution in [1.29, 1.82) is 0 Å². The first-order valence-corrected chi connectivity index (χ1v) is 11.1. The number of rotatable bonds is 8. The van der Waals surface area contributed by atoms with E-state index in [1.807, 2.05) is 36.7 Å². The van der Waals surface area contributed by atoms with E-state index in [4.69, 9.17) is 9.47 Å². The van der Waals surface area contributed by atoms with Crippen LogP contribution in [-0.4, -0.2) is 80.5 Å². The molecule has 9 nitrogen and oxygen atoms in total. The van der Waals surface area contributed by atoms with Crippen LogP contribution in [0.4, 0.5) is 5.82 Å². The molecule has 2 aromatic heterocycles. The third-order valence-electron chi connectivity index (χ3n) is 4.02. The summed E-state index contributed by atoms with van der Waals surface area (Å²) in [4.78, 5) is 19.1. The molecule has 3 rings (SSSR count). The maximum Gasteiger partial charge on any atom is 0.184 e. The van der Waals surface area contributed by atoms with E-state index in [1.54, 1.807) is 34.3 Å². The van der Waals surface area contributed by atoms with Crippen LogP contribution in [0.1, 0.15) is 19.6 Å². The number of aliphatic imine (C=N–C) groups is 1. The van der Waals surface area contributed by atoms with Crippen LogP contribution in [0, 0.1) is 0 Å². The van der Waals surface area contributed by atoms with Gasteiger partial charge >= 0.3 is 0 Å². The highest BCUT2D eigenvalue weighted by atomic mass is 33.1. The fourth-order valence-electron chi connectivity index (χ4n) is 2.90. The number of aliphatic hydroxyl groups is 1. The van der Waals surface area contributed by atoms with Gasteiger partial charge in [0.25, 0.3) is 0 Å². The fourth-order valence-corrected chi connectivity index (χ4v) is 4.31. The maximum absolute atomic E-state index is 9.68. The molecule has 0 spiro atoms. The van der Waals surface area contributed by atoms with Crippen molar-refractivity contribution in [2.75, 3.05) is 27.0 Å². The Morgan fingerprint density at radius 2 is 2.30 bits per heavy atom. The zero-order chi connectivity index (χ0) is 19.4. The molecule has 11 heteroatoms. The van der Waals surface area contributed by atoms with Crippen molar-refractivity contribution in [3.63, 3.8) is 0 Å². The molecule has 2 aromatic rings. The summed E-state index contributed by atoms with van der Waals surface area (Å²) in [6.45, 7) is 1.90.